The van der Waals surface area contributed by atoms with Gasteiger partial charge < -0.3 is 9.47 Å². The molecule has 0 aromatic carbocycles. The lowest BCUT2D eigenvalue weighted by atomic mass is 9.95. The Bertz CT molecular complexity index is 872. The fraction of sp³-hybridized carbons (Fsp3) is 0.500. The number of hydrogen-bond donors (Lipinski definition) is 0. The molecule has 29 heavy (non-hydrogen) atoms. The molecule has 3 aliphatic rings. The summed E-state index contributed by atoms with van der Waals surface area (Å²) < 4.78 is 11.2. The van der Waals surface area contributed by atoms with E-state index in [4.69, 9.17) is 26.1 Å². The van der Waals surface area contributed by atoms with Gasteiger partial charge in [-0.3, -0.25) is 14.8 Å². The van der Waals surface area contributed by atoms with E-state index in [9.17, 15) is 0 Å². The topological polar surface area (TPSA) is 37.8 Å². The third-order valence-electron chi connectivity index (χ3n) is 5.94. The van der Waals surface area contributed by atoms with Crippen LogP contribution in [0, 0.1) is 0 Å². The molecule has 2 aromatic rings. The highest BCUT2D eigenvalue weighted by Gasteiger charge is 2.25. The van der Waals surface area contributed by atoms with Crippen molar-refractivity contribution in [2.75, 3.05) is 52.5 Å². The van der Waals surface area contributed by atoms with Crippen LogP contribution < -0.4 is 0 Å². The molecular weight excluding hydrogens is 406 g/mol. The summed E-state index contributed by atoms with van der Waals surface area (Å²) in [6, 6.07) is 8.44. The average Bonchev–Trinajstić information content (AvgIpc) is 3.46. The smallest absolute Gasteiger partial charge is 0.170 e. The summed E-state index contributed by atoms with van der Waals surface area (Å²) in [4.78, 5) is 11.1. The van der Waals surface area contributed by atoms with Crippen molar-refractivity contribution in [1.82, 2.24) is 14.8 Å². The molecule has 0 radical (unpaired) electrons. The van der Waals surface area contributed by atoms with Gasteiger partial charge in [0.1, 0.15) is 0 Å². The Morgan fingerprint density at radius 3 is 2.59 bits per heavy atom. The van der Waals surface area contributed by atoms with Crippen molar-refractivity contribution < 1.29 is 9.47 Å². The van der Waals surface area contributed by atoms with E-state index in [0.29, 0.717) is 0 Å². The molecule has 0 bridgehead atoms. The maximum absolute atomic E-state index is 6.82. The molecule has 7 heteroatoms. The number of hydrogen-bond acceptors (Lipinski definition) is 6. The first-order chi connectivity index (χ1) is 14.3. The van der Waals surface area contributed by atoms with Crippen LogP contribution in [0.15, 0.2) is 35.2 Å². The summed E-state index contributed by atoms with van der Waals surface area (Å²) in [5.74, 6) is 0. The van der Waals surface area contributed by atoms with Crippen LogP contribution in [0.3, 0.4) is 0 Å². The zero-order valence-electron chi connectivity index (χ0n) is 16.5. The number of ether oxygens (including phenoxy) is 2. The van der Waals surface area contributed by atoms with Gasteiger partial charge in [0.25, 0.3) is 0 Å². The van der Waals surface area contributed by atoms with Crippen LogP contribution in [-0.2, 0) is 15.9 Å². The maximum atomic E-state index is 6.82. The van der Waals surface area contributed by atoms with E-state index in [1.807, 2.05) is 0 Å². The number of halogens is 1. The van der Waals surface area contributed by atoms with E-state index >= 15 is 0 Å². The lowest BCUT2D eigenvalue weighted by Crippen LogP contribution is -2.49. The van der Waals surface area contributed by atoms with Gasteiger partial charge >= 0.3 is 0 Å². The molecule has 0 unspecified atom stereocenters. The molecule has 0 spiro atoms. The van der Waals surface area contributed by atoms with Gasteiger partial charge in [0.15, 0.2) is 6.29 Å². The Kier molecular flexibility index (Phi) is 5.99. The molecule has 2 aliphatic heterocycles. The molecule has 2 aromatic heterocycles. The minimum atomic E-state index is -0.0416. The zero-order chi connectivity index (χ0) is 19.6. The molecule has 1 aliphatic carbocycles. The number of fused-ring (bicyclic) bond motifs is 1. The van der Waals surface area contributed by atoms with Gasteiger partial charge in [0.2, 0.25) is 0 Å². The quantitative estimate of drug-likeness (QED) is 0.721. The zero-order valence-corrected chi connectivity index (χ0v) is 18.1. The van der Waals surface area contributed by atoms with E-state index < -0.39 is 0 Å². The summed E-state index contributed by atoms with van der Waals surface area (Å²) >= 11 is 8.55. The summed E-state index contributed by atoms with van der Waals surface area (Å²) in [7, 11) is 0. The summed E-state index contributed by atoms with van der Waals surface area (Å²) in [6.45, 7) is 7.50. The van der Waals surface area contributed by atoms with Crippen LogP contribution in [0.5, 0.6) is 0 Å². The van der Waals surface area contributed by atoms with E-state index in [0.717, 1.165) is 87.3 Å². The van der Waals surface area contributed by atoms with Gasteiger partial charge in [-0.25, -0.2) is 0 Å². The Hall–Kier alpha value is -1.28. The molecule has 5 nitrogen and oxygen atoms in total. The van der Waals surface area contributed by atoms with Gasteiger partial charge in [-0.15, -0.1) is 11.3 Å². The second-order valence-electron chi connectivity index (χ2n) is 7.83. The number of thiophene rings is 1. The minimum absolute atomic E-state index is 0.0416. The number of pyridine rings is 1. The SMILES string of the molecule is ClC1=C(CN2CCN(CC3OCCO3)CC2)CCc2nc(-c3cccs3)ccc21. The molecule has 0 saturated carbocycles. The number of rotatable bonds is 5. The maximum Gasteiger partial charge on any atom is 0.170 e. The van der Waals surface area contributed by atoms with Crippen molar-refractivity contribution in [3.05, 3.63) is 46.5 Å². The van der Waals surface area contributed by atoms with Crippen molar-refractivity contribution in [3.8, 4) is 10.6 Å². The van der Waals surface area contributed by atoms with E-state index in [1.54, 1.807) is 11.3 Å². The van der Waals surface area contributed by atoms with Crippen molar-refractivity contribution >= 4 is 28.0 Å². The Morgan fingerprint density at radius 2 is 1.83 bits per heavy atom. The highest BCUT2D eigenvalue weighted by molar-refractivity contribution is 7.13. The molecule has 154 valence electrons. The molecule has 2 saturated heterocycles. The molecule has 0 N–H and O–H groups in total. The fourth-order valence-electron chi connectivity index (χ4n) is 4.29. The first kappa shape index (κ1) is 19.7. The Labute approximate surface area is 180 Å². The largest absolute Gasteiger partial charge is 0.349 e. The van der Waals surface area contributed by atoms with Gasteiger partial charge in [-0.1, -0.05) is 17.7 Å². The van der Waals surface area contributed by atoms with Crippen molar-refractivity contribution in [2.45, 2.75) is 19.1 Å². The fourth-order valence-corrected chi connectivity index (χ4v) is 5.32. The predicted octanol–water partition coefficient (Wildman–Crippen LogP) is 3.70. The third-order valence-corrected chi connectivity index (χ3v) is 7.30. The van der Waals surface area contributed by atoms with Crippen molar-refractivity contribution in [1.29, 1.82) is 0 Å². The van der Waals surface area contributed by atoms with Crippen molar-refractivity contribution in [3.63, 3.8) is 0 Å². The normalized spacial score (nSPS) is 21.7. The lowest BCUT2D eigenvalue weighted by molar-refractivity contribution is -0.0672. The monoisotopic (exact) mass is 431 g/mol. The molecule has 0 atom stereocenters. The van der Waals surface area contributed by atoms with Gasteiger partial charge in [-0.2, -0.15) is 0 Å². The first-order valence-corrected chi connectivity index (χ1v) is 11.6. The summed E-state index contributed by atoms with van der Waals surface area (Å²) in [6.07, 6.45) is 1.92. The number of piperazine rings is 1. The number of aromatic nitrogens is 1. The third kappa shape index (κ3) is 4.43. The van der Waals surface area contributed by atoms with E-state index in [1.165, 1.54) is 10.5 Å². The Balaban J connectivity index is 1.21. The van der Waals surface area contributed by atoms with Gasteiger partial charge in [-0.05, 0) is 42.0 Å². The standard InChI is InChI=1S/C22H26ClN3O2S/c23-22-16(14-25-7-9-26(10-8-25)15-21-27-11-12-28-21)3-5-18-17(22)4-6-19(24-18)20-2-1-13-29-20/h1-2,4,6,13,21H,3,5,7-12,14-15H2. The van der Waals surface area contributed by atoms with E-state index in [-0.39, 0.29) is 6.29 Å². The van der Waals surface area contributed by atoms with Crippen LogP contribution >= 0.6 is 22.9 Å². The Morgan fingerprint density at radius 1 is 1.03 bits per heavy atom. The highest BCUT2D eigenvalue weighted by atomic mass is 35.5. The van der Waals surface area contributed by atoms with Crippen LogP contribution in [0.4, 0.5) is 0 Å². The van der Waals surface area contributed by atoms with Crippen LogP contribution in [-0.4, -0.2) is 73.6 Å². The average molecular weight is 432 g/mol. The molecule has 5 rings (SSSR count). The van der Waals surface area contributed by atoms with Crippen molar-refractivity contribution in [2.24, 2.45) is 0 Å². The van der Waals surface area contributed by atoms with Gasteiger partial charge in [0.05, 0.1) is 34.5 Å². The molecule has 4 heterocycles. The van der Waals surface area contributed by atoms with Crippen LogP contribution in [0.25, 0.3) is 15.6 Å². The minimum Gasteiger partial charge on any atom is -0.349 e. The number of nitrogens with zero attached hydrogens (tertiary/aromatic N) is 3. The second kappa shape index (κ2) is 8.84. The lowest BCUT2D eigenvalue weighted by Gasteiger charge is -2.36. The highest BCUT2D eigenvalue weighted by Crippen LogP contribution is 2.35. The summed E-state index contributed by atoms with van der Waals surface area (Å²) in [5.41, 5.74) is 4.65. The summed E-state index contributed by atoms with van der Waals surface area (Å²) in [5, 5.41) is 3.00. The number of aryl methyl sites for hydroxylation is 1. The van der Waals surface area contributed by atoms with Crippen LogP contribution in [0.1, 0.15) is 17.7 Å². The van der Waals surface area contributed by atoms with Gasteiger partial charge in [0, 0.05) is 44.8 Å². The molecular formula is C22H26ClN3O2S. The van der Waals surface area contributed by atoms with Crippen LogP contribution in [0.2, 0.25) is 0 Å². The first-order valence-electron chi connectivity index (χ1n) is 10.4. The van der Waals surface area contributed by atoms with E-state index in [2.05, 4.69) is 39.4 Å². The molecule has 2 fully saturated rings. The molecule has 0 amide bonds. The predicted molar refractivity (Wildman–Crippen MR) is 117 cm³/mol. The second-order valence-corrected chi connectivity index (χ2v) is 9.16.